The number of ether oxygens (including phenoxy) is 1. The molecule has 3 aromatic heterocycles. The summed E-state index contributed by atoms with van der Waals surface area (Å²) in [4.78, 5) is 29.4. The first kappa shape index (κ1) is 24.1. The van der Waals surface area contributed by atoms with E-state index in [0.29, 0.717) is 48.5 Å². The third-order valence-corrected chi connectivity index (χ3v) is 7.26. The Morgan fingerprint density at radius 3 is 2.69 bits per heavy atom. The van der Waals surface area contributed by atoms with Gasteiger partial charge >= 0.3 is 5.97 Å². The first-order valence-corrected chi connectivity index (χ1v) is 12.7. The lowest BCUT2D eigenvalue weighted by Crippen LogP contribution is -2.29. The summed E-state index contributed by atoms with van der Waals surface area (Å²) in [6.45, 7) is 4.22. The van der Waals surface area contributed by atoms with Gasteiger partial charge in [0, 0.05) is 18.0 Å². The van der Waals surface area contributed by atoms with Gasteiger partial charge in [0.05, 0.1) is 23.4 Å². The van der Waals surface area contributed by atoms with Crippen molar-refractivity contribution in [3.8, 4) is 17.2 Å². The highest BCUT2D eigenvalue weighted by Crippen LogP contribution is 2.33. The molecule has 2 aliphatic rings. The van der Waals surface area contributed by atoms with Crippen molar-refractivity contribution in [3.63, 3.8) is 0 Å². The van der Waals surface area contributed by atoms with Crippen LogP contribution in [0.25, 0.3) is 11.5 Å². The average Bonchev–Trinajstić information content (AvgIpc) is 3.55. The summed E-state index contributed by atoms with van der Waals surface area (Å²) in [6.07, 6.45) is 9.09. The maximum Gasteiger partial charge on any atom is 0.306 e. The molecule has 2 aliphatic carbocycles. The topological polar surface area (TPSA) is 136 Å². The number of aromatic nitrogens is 5. The molecule has 5 rings (SSSR count). The Kier molecular flexibility index (Phi) is 7.11. The summed E-state index contributed by atoms with van der Waals surface area (Å²) in [7, 11) is 0. The lowest BCUT2D eigenvalue weighted by molar-refractivity contribution is -0.143. The van der Waals surface area contributed by atoms with Crippen LogP contribution in [-0.4, -0.2) is 42.3 Å². The highest BCUT2D eigenvalue weighted by Gasteiger charge is 2.29. The fourth-order valence-corrected chi connectivity index (χ4v) is 5.20. The highest BCUT2D eigenvalue weighted by molar-refractivity contribution is 5.70. The third kappa shape index (κ3) is 5.32. The van der Waals surface area contributed by atoms with Crippen molar-refractivity contribution in [2.75, 3.05) is 5.32 Å². The zero-order chi connectivity index (χ0) is 25.1. The molecule has 0 aliphatic heterocycles. The minimum Gasteiger partial charge on any atom is -0.489 e. The van der Waals surface area contributed by atoms with E-state index >= 15 is 0 Å². The normalized spacial score (nSPS) is 20.4. The summed E-state index contributed by atoms with van der Waals surface area (Å²) in [5.41, 5.74) is 3.03. The number of rotatable bonds is 8. The Bertz CT molecular complexity index is 1220. The second-order valence-corrected chi connectivity index (χ2v) is 9.80. The number of carbonyl (C=O) groups is 1. The summed E-state index contributed by atoms with van der Waals surface area (Å²) in [6, 6.07) is 3.72. The number of hydrogen-bond acceptors (Lipinski definition) is 9. The lowest BCUT2D eigenvalue weighted by Gasteiger charge is -2.27. The van der Waals surface area contributed by atoms with Gasteiger partial charge in [0.1, 0.15) is 23.6 Å². The van der Waals surface area contributed by atoms with E-state index in [4.69, 9.17) is 14.2 Å². The summed E-state index contributed by atoms with van der Waals surface area (Å²) in [5.74, 6) is 1.97. The molecule has 0 spiro atoms. The molecule has 2 fully saturated rings. The molecule has 0 radical (unpaired) electrons. The van der Waals surface area contributed by atoms with E-state index in [9.17, 15) is 9.90 Å². The van der Waals surface area contributed by atoms with Crippen LogP contribution in [0.15, 0.2) is 23.0 Å². The Labute approximate surface area is 209 Å². The highest BCUT2D eigenvalue weighted by atomic mass is 16.5. The molecule has 0 bridgehead atoms. The summed E-state index contributed by atoms with van der Waals surface area (Å²) >= 11 is 0. The van der Waals surface area contributed by atoms with Gasteiger partial charge in [0.15, 0.2) is 5.76 Å². The van der Waals surface area contributed by atoms with Gasteiger partial charge in [-0.3, -0.25) is 4.79 Å². The number of nitrogens with zero attached hydrogens (tertiary/aromatic N) is 5. The maximum atomic E-state index is 11.4. The van der Waals surface area contributed by atoms with E-state index in [1.54, 1.807) is 6.33 Å². The van der Waals surface area contributed by atoms with Crippen LogP contribution in [-0.2, 0) is 11.3 Å². The number of nitrogens with one attached hydrogen (secondary N) is 1. The van der Waals surface area contributed by atoms with Gasteiger partial charge in [-0.2, -0.15) is 4.98 Å². The van der Waals surface area contributed by atoms with E-state index in [0.717, 1.165) is 48.5 Å². The van der Waals surface area contributed by atoms with Crippen LogP contribution < -0.4 is 10.1 Å². The van der Waals surface area contributed by atoms with Gasteiger partial charge < -0.3 is 19.7 Å². The quantitative estimate of drug-likeness (QED) is 0.450. The van der Waals surface area contributed by atoms with Crippen molar-refractivity contribution in [1.82, 2.24) is 25.1 Å². The van der Waals surface area contributed by atoms with Gasteiger partial charge in [-0.25, -0.2) is 15.0 Å². The Morgan fingerprint density at radius 1 is 1.08 bits per heavy atom. The van der Waals surface area contributed by atoms with Gasteiger partial charge in [0.2, 0.25) is 5.95 Å². The van der Waals surface area contributed by atoms with E-state index in [2.05, 4.69) is 25.4 Å². The van der Waals surface area contributed by atoms with Crippen molar-refractivity contribution >= 4 is 11.9 Å². The molecule has 0 aromatic carbocycles. The number of aryl methyl sites for hydroxylation is 2. The van der Waals surface area contributed by atoms with Crippen molar-refractivity contribution in [3.05, 3.63) is 41.2 Å². The second kappa shape index (κ2) is 10.6. The summed E-state index contributed by atoms with van der Waals surface area (Å²) in [5, 5.41) is 16.8. The van der Waals surface area contributed by atoms with Crippen LogP contribution in [0.1, 0.15) is 80.1 Å². The van der Waals surface area contributed by atoms with E-state index in [1.807, 2.05) is 26.0 Å². The van der Waals surface area contributed by atoms with E-state index in [-0.39, 0.29) is 12.0 Å². The predicted molar refractivity (Wildman–Crippen MR) is 132 cm³/mol. The number of pyridine rings is 1. The fraction of sp³-hybridized carbons (Fsp3) is 0.538. The fourth-order valence-electron chi connectivity index (χ4n) is 5.20. The molecular formula is C26H32N6O4. The van der Waals surface area contributed by atoms with Crippen LogP contribution in [0.5, 0.6) is 5.75 Å². The van der Waals surface area contributed by atoms with Crippen molar-refractivity contribution in [1.29, 1.82) is 0 Å². The van der Waals surface area contributed by atoms with Crippen LogP contribution >= 0.6 is 0 Å². The number of hydrogen-bond donors (Lipinski definition) is 2. The number of carboxylic acids is 1. The molecule has 0 saturated heterocycles. The Morgan fingerprint density at radius 2 is 1.92 bits per heavy atom. The predicted octanol–water partition coefficient (Wildman–Crippen LogP) is 4.83. The molecule has 2 saturated carbocycles. The van der Waals surface area contributed by atoms with E-state index < -0.39 is 5.97 Å². The molecule has 10 nitrogen and oxygen atoms in total. The van der Waals surface area contributed by atoms with Crippen LogP contribution in [0, 0.1) is 19.8 Å². The molecule has 0 unspecified atom stereocenters. The molecule has 10 heteroatoms. The SMILES string of the molecule is Cc1nc(-c2onc(C)c2CNc2ncnc(C3CCCC3)n2)ccc1O[C@H]1CCC[C@H](C(=O)O)C1. The van der Waals surface area contributed by atoms with Gasteiger partial charge in [0.25, 0.3) is 0 Å². The minimum atomic E-state index is -0.748. The molecule has 36 heavy (non-hydrogen) atoms. The second-order valence-electron chi connectivity index (χ2n) is 9.80. The Hall–Kier alpha value is -3.56. The molecule has 3 heterocycles. The third-order valence-electron chi connectivity index (χ3n) is 7.26. The molecule has 190 valence electrons. The zero-order valence-corrected chi connectivity index (χ0v) is 20.7. The molecular weight excluding hydrogens is 460 g/mol. The first-order chi connectivity index (χ1) is 17.5. The van der Waals surface area contributed by atoms with Gasteiger partial charge in [-0.15, -0.1) is 0 Å². The average molecular weight is 493 g/mol. The van der Waals surface area contributed by atoms with Crippen LogP contribution in [0.4, 0.5) is 5.95 Å². The van der Waals surface area contributed by atoms with Crippen LogP contribution in [0.3, 0.4) is 0 Å². The van der Waals surface area contributed by atoms with Crippen molar-refractivity contribution in [2.24, 2.45) is 5.92 Å². The smallest absolute Gasteiger partial charge is 0.306 e. The van der Waals surface area contributed by atoms with Crippen LogP contribution in [0.2, 0.25) is 0 Å². The van der Waals surface area contributed by atoms with Gasteiger partial charge in [-0.1, -0.05) is 18.0 Å². The standard InChI is InChI=1S/C26H32N6O4/c1-15-20(13-27-26-29-14-28-24(31-26)17-6-3-4-7-17)23(36-32-15)21-10-11-22(16(2)30-21)35-19-9-5-8-18(12-19)25(33)34/h10-11,14,17-19H,3-9,12-13H2,1-2H3,(H,33,34)(H,27,28,29,31)/t18-,19-/m0/s1. The Balaban J connectivity index is 1.28. The monoisotopic (exact) mass is 492 g/mol. The number of aliphatic carboxylic acids is 1. The lowest BCUT2D eigenvalue weighted by atomic mass is 9.87. The number of anilines is 1. The molecule has 0 amide bonds. The summed E-state index contributed by atoms with van der Waals surface area (Å²) < 4.78 is 11.8. The van der Waals surface area contributed by atoms with E-state index in [1.165, 1.54) is 12.8 Å². The number of carboxylic acid groups (broad SMARTS) is 1. The van der Waals surface area contributed by atoms with Gasteiger partial charge in [-0.05, 0) is 64.5 Å². The molecule has 2 N–H and O–H groups in total. The first-order valence-electron chi connectivity index (χ1n) is 12.7. The molecule has 2 atom stereocenters. The largest absolute Gasteiger partial charge is 0.489 e. The minimum absolute atomic E-state index is 0.118. The van der Waals surface area contributed by atoms with Crippen molar-refractivity contribution < 1.29 is 19.2 Å². The van der Waals surface area contributed by atoms with Crippen molar-refractivity contribution in [2.45, 2.75) is 83.8 Å². The molecule has 3 aromatic rings. The maximum absolute atomic E-state index is 11.4. The zero-order valence-electron chi connectivity index (χ0n) is 20.7.